The number of hydrogen-bond acceptors (Lipinski definition) is 6. The zero-order chi connectivity index (χ0) is 9.14. The number of esters is 2. The van der Waals surface area contributed by atoms with Gasteiger partial charge in [-0.25, -0.2) is 0 Å². The topological polar surface area (TPSA) is 98.9 Å². The molecule has 0 amide bonds. The normalized spacial score (nSPS) is 31.5. The van der Waals surface area contributed by atoms with Gasteiger partial charge in [0, 0.05) is 6.42 Å². The van der Waals surface area contributed by atoms with E-state index in [2.05, 4.69) is 9.47 Å². The highest BCUT2D eigenvalue weighted by Gasteiger charge is 2.25. The number of aliphatic hydroxyl groups is 1. The van der Waals surface area contributed by atoms with Crippen LogP contribution in [0.3, 0.4) is 0 Å². The molecule has 0 spiro atoms. The van der Waals surface area contributed by atoms with Gasteiger partial charge in [0.25, 0.3) is 0 Å². The smallest absolute Gasteiger partial charge is 0.362 e. The molecule has 3 N–H and O–H groups in total. The molecule has 6 nitrogen and oxygen atoms in total. The quantitative estimate of drug-likeness (QED) is 0.433. The van der Waals surface area contributed by atoms with E-state index in [0.717, 1.165) is 0 Å². The highest BCUT2D eigenvalue weighted by Crippen LogP contribution is 2.06. The Bertz CT molecular complexity index is 204. The molecule has 0 bridgehead atoms. The Balaban J connectivity index is 2.58. The van der Waals surface area contributed by atoms with E-state index in [1.165, 1.54) is 0 Å². The lowest BCUT2D eigenvalue weighted by Crippen LogP contribution is -2.39. The number of nitrogens with two attached hydrogens (primary N) is 1. The van der Waals surface area contributed by atoms with E-state index in [4.69, 9.17) is 10.8 Å². The summed E-state index contributed by atoms with van der Waals surface area (Å²) < 4.78 is 8.45. The third-order valence-corrected chi connectivity index (χ3v) is 1.41. The first-order valence-corrected chi connectivity index (χ1v) is 3.43. The van der Waals surface area contributed by atoms with Crippen LogP contribution in [0.15, 0.2) is 0 Å². The fourth-order valence-electron chi connectivity index (χ4n) is 0.773. The van der Waals surface area contributed by atoms with Crippen molar-refractivity contribution in [1.29, 1.82) is 0 Å². The highest BCUT2D eigenvalue weighted by atomic mass is 16.8. The van der Waals surface area contributed by atoms with Gasteiger partial charge in [-0.1, -0.05) is 0 Å². The van der Waals surface area contributed by atoms with Crippen LogP contribution in [0, 0.1) is 0 Å². The van der Waals surface area contributed by atoms with Crippen molar-refractivity contribution >= 4 is 11.9 Å². The molecule has 0 aromatic rings. The average Bonchev–Trinajstić information content (AvgIpc) is 1.98. The van der Waals surface area contributed by atoms with E-state index in [0.29, 0.717) is 0 Å². The minimum Gasteiger partial charge on any atom is -0.400 e. The van der Waals surface area contributed by atoms with Crippen molar-refractivity contribution < 1.29 is 24.2 Å². The monoisotopic (exact) mass is 175 g/mol. The van der Waals surface area contributed by atoms with Crippen LogP contribution < -0.4 is 5.73 Å². The fourth-order valence-corrected chi connectivity index (χ4v) is 0.773. The van der Waals surface area contributed by atoms with Crippen molar-refractivity contribution in [3.8, 4) is 0 Å². The second-order valence-corrected chi connectivity index (χ2v) is 2.38. The third-order valence-electron chi connectivity index (χ3n) is 1.41. The van der Waals surface area contributed by atoms with Crippen LogP contribution in [-0.4, -0.2) is 29.6 Å². The Kier molecular flexibility index (Phi) is 2.61. The van der Waals surface area contributed by atoms with Gasteiger partial charge in [0.15, 0.2) is 0 Å². The van der Waals surface area contributed by atoms with Crippen LogP contribution in [0.5, 0.6) is 0 Å². The molecule has 0 aromatic heterocycles. The molecule has 1 aliphatic rings. The Morgan fingerprint density at radius 2 is 2.08 bits per heavy atom. The van der Waals surface area contributed by atoms with E-state index in [9.17, 15) is 9.59 Å². The van der Waals surface area contributed by atoms with Crippen LogP contribution in [0.25, 0.3) is 0 Å². The van der Waals surface area contributed by atoms with Crippen LogP contribution in [0.2, 0.25) is 0 Å². The van der Waals surface area contributed by atoms with Gasteiger partial charge in [0.1, 0.15) is 6.04 Å². The van der Waals surface area contributed by atoms with Crippen molar-refractivity contribution in [3.05, 3.63) is 0 Å². The maximum absolute atomic E-state index is 10.8. The Labute approximate surface area is 68.2 Å². The van der Waals surface area contributed by atoms with Gasteiger partial charge in [-0.05, 0) is 6.42 Å². The number of carbonyl (C=O) groups is 2. The second-order valence-electron chi connectivity index (χ2n) is 2.38. The van der Waals surface area contributed by atoms with Crippen molar-refractivity contribution in [3.63, 3.8) is 0 Å². The minimum absolute atomic E-state index is 0.00727. The molecular weight excluding hydrogens is 166 g/mol. The van der Waals surface area contributed by atoms with Gasteiger partial charge in [0.05, 0.1) is 0 Å². The molecule has 1 heterocycles. The lowest BCUT2D eigenvalue weighted by Gasteiger charge is -2.18. The molecule has 2 atom stereocenters. The predicted molar refractivity (Wildman–Crippen MR) is 35.4 cm³/mol. The molecule has 1 rings (SSSR count). The third kappa shape index (κ3) is 2.18. The summed E-state index contributed by atoms with van der Waals surface area (Å²) in [6.07, 6.45) is 0.178. The van der Waals surface area contributed by atoms with Gasteiger partial charge < -0.3 is 20.3 Å². The van der Waals surface area contributed by atoms with Crippen LogP contribution in [0.4, 0.5) is 0 Å². The van der Waals surface area contributed by atoms with Gasteiger partial charge in [-0.3, -0.25) is 9.59 Å². The summed E-state index contributed by atoms with van der Waals surface area (Å²) in [6, 6.07) is -0.868. The van der Waals surface area contributed by atoms with Crippen LogP contribution in [0.1, 0.15) is 12.8 Å². The molecule has 0 aromatic carbocycles. The lowest BCUT2D eigenvalue weighted by molar-refractivity contribution is -0.249. The summed E-state index contributed by atoms with van der Waals surface area (Å²) in [7, 11) is 0. The van der Waals surface area contributed by atoms with Crippen LogP contribution >= 0.6 is 0 Å². The number of carbonyl (C=O) groups excluding carboxylic acids is 2. The molecule has 1 aliphatic heterocycles. The summed E-state index contributed by atoms with van der Waals surface area (Å²) in [5.74, 6) is -1.40. The first kappa shape index (κ1) is 8.95. The summed E-state index contributed by atoms with van der Waals surface area (Å²) in [6.45, 7) is -1.82. The molecule has 6 heteroatoms. The minimum atomic E-state index is -1.82. The van der Waals surface area contributed by atoms with E-state index in [1.807, 2.05) is 0 Å². The predicted octanol–water partition coefficient (Wildman–Crippen LogP) is -1.53. The van der Waals surface area contributed by atoms with Gasteiger partial charge in [-0.2, -0.15) is 0 Å². The Morgan fingerprint density at radius 1 is 1.42 bits per heavy atom. The molecule has 1 saturated heterocycles. The van der Waals surface area contributed by atoms with Gasteiger partial charge in [-0.15, -0.1) is 0 Å². The summed E-state index contributed by atoms with van der Waals surface area (Å²) in [5.41, 5.74) is 5.28. The highest BCUT2D eigenvalue weighted by molar-refractivity contribution is 5.78. The SMILES string of the molecule is N[C@@H]1CCC(=O)OC(O)OC1=O. The van der Waals surface area contributed by atoms with Crippen LogP contribution in [-0.2, 0) is 19.1 Å². The van der Waals surface area contributed by atoms with Crippen molar-refractivity contribution in [1.82, 2.24) is 0 Å². The van der Waals surface area contributed by atoms with E-state index >= 15 is 0 Å². The number of hydrogen-bond donors (Lipinski definition) is 2. The lowest BCUT2D eigenvalue weighted by atomic mass is 10.2. The van der Waals surface area contributed by atoms with Crippen molar-refractivity contribution in [2.24, 2.45) is 5.73 Å². The largest absolute Gasteiger partial charge is 0.400 e. The molecule has 1 unspecified atom stereocenters. The summed E-state index contributed by atoms with van der Waals surface area (Å²) in [4.78, 5) is 21.5. The number of cyclic esters (lactones) is 2. The number of rotatable bonds is 0. The Hall–Kier alpha value is -1.14. The van der Waals surface area contributed by atoms with Gasteiger partial charge >= 0.3 is 18.4 Å². The Morgan fingerprint density at radius 3 is 2.75 bits per heavy atom. The first-order valence-electron chi connectivity index (χ1n) is 3.43. The summed E-state index contributed by atoms with van der Waals surface area (Å²) >= 11 is 0. The zero-order valence-corrected chi connectivity index (χ0v) is 6.23. The van der Waals surface area contributed by atoms with E-state index in [1.54, 1.807) is 0 Å². The molecule has 0 saturated carbocycles. The molecule has 0 aliphatic carbocycles. The molecule has 68 valence electrons. The molecule has 1 fully saturated rings. The maximum atomic E-state index is 10.8. The van der Waals surface area contributed by atoms with Crippen molar-refractivity contribution in [2.75, 3.05) is 0 Å². The second kappa shape index (κ2) is 3.51. The number of ether oxygens (including phenoxy) is 2. The van der Waals surface area contributed by atoms with E-state index in [-0.39, 0.29) is 12.8 Å². The standard InChI is InChI=1S/C6H9NO5/c7-3-1-2-4(8)11-6(10)12-5(3)9/h3,6,10H,1-2,7H2/t3-,6?/m1/s1. The molecule has 0 radical (unpaired) electrons. The summed E-state index contributed by atoms with van der Waals surface area (Å²) in [5, 5.41) is 8.73. The maximum Gasteiger partial charge on any atom is 0.362 e. The number of aliphatic hydroxyl groups excluding tert-OH is 1. The van der Waals surface area contributed by atoms with E-state index < -0.39 is 24.5 Å². The first-order chi connectivity index (χ1) is 5.59. The fraction of sp³-hybridized carbons (Fsp3) is 0.667. The zero-order valence-electron chi connectivity index (χ0n) is 6.23. The molecular formula is C6H9NO5. The average molecular weight is 175 g/mol. The van der Waals surface area contributed by atoms with Gasteiger partial charge in [0.2, 0.25) is 0 Å². The van der Waals surface area contributed by atoms with Crippen molar-refractivity contribution in [2.45, 2.75) is 25.4 Å². The molecule has 12 heavy (non-hydrogen) atoms.